The summed E-state index contributed by atoms with van der Waals surface area (Å²) in [7, 11) is 4.27. The van der Waals surface area contributed by atoms with Gasteiger partial charge in [-0.1, -0.05) is 30.3 Å². The predicted octanol–water partition coefficient (Wildman–Crippen LogP) is 2.62. The van der Waals surface area contributed by atoms with Crippen LogP contribution < -0.4 is 10.6 Å². The van der Waals surface area contributed by atoms with Crippen LogP contribution in [0.5, 0.6) is 0 Å². The Hall–Kier alpha value is -0.860. The summed E-state index contributed by atoms with van der Waals surface area (Å²) in [6, 6.07) is 10.3. The highest BCUT2D eigenvalue weighted by atomic mass is 127. The SMILES string of the molecule is CCNC(=NCC(C1CC1)N(C)C)NCCC(O)c1ccccc1.I. The largest absolute Gasteiger partial charge is 0.388 e. The molecule has 2 atom stereocenters. The van der Waals surface area contributed by atoms with E-state index in [4.69, 9.17) is 4.99 Å². The first-order valence-corrected chi connectivity index (χ1v) is 9.03. The molecule has 1 aromatic carbocycles. The molecule has 0 aromatic heterocycles. The Kier molecular flexibility index (Phi) is 10.4. The summed E-state index contributed by atoms with van der Waals surface area (Å²) in [4.78, 5) is 7.02. The normalized spacial score (nSPS) is 16.9. The van der Waals surface area contributed by atoms with E-state index in [1.165, 1.54) is 12.8 Å². The Balaban J connectivity index is 0.00000312. The van der Waals surface area contributed by atoms with Crippen LogP contribution in [0.15, 0.2) is 35.3 Å². The summed E-state index contributed by atoms with van der Waals surface area (Å²) >= 11 is 0. The van der Waals surface area contributed by atoms with Crippen LogP contribution in [0.4, 0.5) is 0 Å². The van der Waals surface area contributed by atoms with E-state index in [1.807, 2.05) is 30.3 Å². The number of nitrogens with one attached hydrogen (secondary N) is 2. The van der Waals surface area contributed by atoms with Gasteiger partial charge in [0.1, 0.15) is 0 Å². The van der Waals surface area contributed by atoms with Gasteiger partial charge in [-0.2, -0.15) is 0 Å². The van der Waals surface area contributed by atoms with Gasteiger partial charge < -0.3 is 20.6 Å². The molecule has 1 fully saturated rings. The third-order valence-corrected chi connectivity index (χ3v) is 4.50. The number of hydrogen-bond donors (Lipinski definition) is 3. The molecule has 2 unspecified atom stereocenters. The molecule has 0 saturated heterocycles. The van der Waals surface area contributed by atoms with E-state index in [2.05, 4.69) is 36.6 Å². The summed E-state index contributed by atoms with van der Waals surface area (Å²) in [5, 5.41) is 16.9. The van der Waals surface area contributed by atoms with Gasteiger partial charge in [0.15, 0.2) is 5.96 Å². The smallest absolute Gasteiger partial charge is 0.191 e. The van der Waals surface area contributed by atoms with Crippen molar-refractivity contribution in [2.24, 2.45) is 10.9 Å². The minimum atomic E-state index is -0.442. The van der Waals surface area contributed by atoms with Crippen LogP contribution in [0.2, 0.25) is 0 Å². The van der Waals surface area contributed by atoms with Crippen LogP contribution in [0.1, 0.15) is 37.9 Å². The maximum Gasteiger partial charge on any atom is 0.191 e. The van der Waals surface area contributed by atoms with Crippen molar-refractivity contribution in [2.75, 3.05) is 33.7 Å². The monoisotopic (exact) mass is 460 g/mol. The van der Waals surface area contributed by atoms with Crippen molar-refractivity contribution in [3.05, 3.63) is 35.9 Å². The van der Waals surface area contributed by atoms with E-state index in [-0.39, 0.29) is 24.0 Å². The number of halogens is 1. The predicted molar refractivity (Wildman–Crippen MR) is 116 cm³/mol. The lowest BCUT2D eigenvalue weighted by Gasteiger charge is -2.23. The van der Waals surface area contributed by atoms with Crippen molar-refractivity contribution >= 4 is 29.9 Å². The molecule has 3 N–H and O–H groups in total. The lowest BCUT2D eigenvalue weighted by molar-refractivity contribution is 0.168. The van der Waals surface area contributed by atoms with Crippen LogP contribution in [-0.2, 0) is 0 Å². The fourth-order valence-electron chi connectivity index (χ4n) is 2.91. The molecule has 0 heterocycles. The maximum absolute atomic E-state index is 10.2. The minimum Gasteiger partial charge on any atom is -0.388 e. The van der Waals surface area contributed by atoms with Crippen LogP contribution >= 0.6 is 24.0 Å². The maximum atomic E-state index is 10.2. The van der Waals surface area contributed by atoms with Crippen LogP contribution in [-0.4, -0.2) is 55.7 Å². The van der Waals surface area contributed by atoms with Crippen LogP contribution in [0.3, 0.4) is 0 Å². The Morgan fingerprint density at radius 3 is 2.48 bits per heavy atom. The summed E-state index contributed by atoms with van der Waals surface area (Å²) in [6.07, 6.45) is 2.87. The van der Waals surface area contributed by atoms with Gasteiger partial charge in [-0.05, 0) is 51.8 Å². The Morgan fingerprint density at radius 1 is 1.24 bits per heavy atom. The number of likely N-dealkylation sites (N-methyl/N-ethyl adjacent to an activating group) is 1. The first kappa shape index (κ1) is 22.2. The highest BCUT2D eigenvalue weighted by Gasteiger charge is 2.32. The van der Waals surface area contributed by atoms with E-state index in [0.29, 0.717) is 19.0 Å². The van der Waals surface area contributed by atoms with Gasteiger partial charge in [0, 0.05) is 19.1 Å². The lowest BCUT2D eigenvalue weighted by atomic mass is 10.1. The van der Waals surface area contributed by atoms with Crippen molar-refractivity contribution in [3.63, 3.8) is 0 Å². The zero-order chi connectivity index (χ0) is 17.4. The summed E-state index contributed by atoms with van der Waals surface area (Å²) in [5.74, 6) is 1.64. The molecule has 1 aliphatic carbocycles. The van der Waals surface area contributed by atoms with Gasteiger partial charge in [-0.3, -0.25) is 4.99 Å². The van der Waals surface area contributed by atoms with Crippen molar-refractivity contribution in [1.29, 1.82) is 0 Å². The minimum absolute atomic E-state index is 0. The quantitative estimate of drug-likeness (QED) is 0.301. The van der Waals surface area contributed by atoms with Crippen molar-refractivity contribution in [1.82, 2.24) is 15.5 Å². The topological polar surface area (TPSA) is 59.9 Å². The molecular formula is C19H33IN4O. The van der Waals surface area contributed by atoms with E-state index in [1.54, 1.807) is 0 Å². The molecule has 5 nitrogen and oxygen atoms in total. The number of aliphatic hydroxyl groups excluding tert-OH is 1. The summed E-state index contributed by atoms with van der Waals surface area (Å²) in [6.45, 7) is 4.41. The van der Waals surface area contributed by atoms with E-state index >= 15 is 0 Å². The molecule has 0 amide bonds. The third kappa shape index (κ3) is 7.92. The second-order valence-electron chi connectivity index (χ2n) is 6.73. The van der Waals surface area contributed by atoms with E-state index in [0.717, 1.165) is 30.5 Å². The second kappa shape index (κ2) is 11.7. The molecule has 25 heavy (non-hydrogen) atoms. The lowest BCUT2D eigenvalue weighted by Crippen LogP contribution is -2.40. The highest BCUT2D eigenvalue weighted by Crippen LogP contribution is 2.34. The first-order chi connectivity index (χ1) is 11.6. The average molecular weight is 460 g/mol. The third-order valence-electron chi connectivity index (χ3n) is 4.50. The average Bonchev–Trinajstić information content (AvgIpc) is 3.40. The van der Waals surface area contributed by atoms with Crippen LogP contribution in [0, 0.1) is 5.92 Å². The van der Waals surface area contributed by atoms with Gasteiger partial charge >= 0.3 is 0 Å². The van der Waals surface area contributed by atoms with E-state index in [9.17, 15) is 5.11 Å². The zero-order valence-electron chi connectivity index (χ0n) is 15.6. The summed E-state index contributed by atoms with van der Waals surface area (Å²) < 4.78 is 0. The zero-order valence-corrected chi connectivity index (χ0v) is 17.9. The molecule has 2 rings (SSSR count). The van der Waals surface area contributed by atoms with Gasteiger partial charge in [0.25, 0.3) is 0 Å². The molecule has 1 aromatic rings. The summed E-state index contributed by atoms with van der Waals surface area (Å²) in [5.41, 5.74) is 0.961. The second-order valence-corrected chi connectivity index (χ2v) is 6.73. The van der Waals surface area contributed by atoms with Crippen LogP contribution in [0.25, 0.3) is 0 Å². The number of aliphatic imine (C=N–C) groups is 1. The highest BCUT2D eigenvalue weighted by molar-refractivity contribution is 14.0. The number of hydrogen-bond acceptors (Lipinski definition) is 3. The van der Waals surface area contributed by atoms with Gasteiger partial charge in [0.05, 0.1) is 12.6 Å². The van der Waals surface area contributed by atoms with E-state index < -0.39 is 6.10 Å². The molecule has 1 aliphatic rings. The van der Waals surface area contributed by atoms with Gasteiger partial charge in [-0.15, -0.1) is 24.0 Å². The fourth-order valence-corrected chi connectivity index (χ4v) is 2.91. The number of guanidine groups is 1. The molecule has 0 spiro atoms. The van der Waals surface area contributed by atoms with Crippen molar-refractivity contribution in [2.45, 2.75) is 38.3 Å². The number of aliphatic hydroxyl groups is 1. The molecule has 0 bridgehead atoms. The molecule has 6 heteroatoms. The van der Waals surface area contributed by atoms with Crippen molar-refractivity contribution < 1.29 is 5.11 Å². The molecular weight excluding hydrogens is 427 g/mol. The Labute approximate surface area is 169 Å². The first-order valence-electron chi connectivity index (χ1n) is 9.03. The van der Waals surface area contributed by atoms with Gasteiger partial charge in [-0.25, -0.2) is 0 Å². The Bertz CT molecular complexity index is 503. The van der Waals surface area contributed by atoms with Gasteiger partial charge in [0.2, 0.25) is 0 Å². The molecule has 142 valence electrons. The van der Waals surface area contributed by atoms with Crippen molar-refractivity contribution in [3.8, 4) is 0 Å². The number of rotatable bonds is 9. The number of benzene rings is 1. The molecule has 0 radical (unpaired) electrons. The standard InChI is InChI=1S/C19H32N4O.HI/c1-4-20-19(22-14-17(23(2)3)15-10-11-15)21-13-12-18(24)16-8-6-5-7-9-16;/h5-9,15,17-18,24H,4,10-14H2,1-3H3,(H2,20,21,22);1H. The molecule has 0 aliphatic heterocycles. The fraction of sp³-hybridized carbons (Fsp3) is 0.632. The number of nitrogens with zero attached hydrogens (tertiary/aromatic N) is 2. The molecule has 1 saturated carbocycles. The Morgan fingerprint density at radius 2 is 1.92 bits per heavy atom.